The highest BCUT2D eigenvalue weighted by Gasteiger charge is 2.05. The molecule has 0 spiro atoms. The van der Waals surface area contributed by atoms with Gasteiger partial charge in [-0.15, -0.1) is 11.3 Å². The number of nitrogens with one attached hydrogen (secondary N) is 1. The Hall–Kier alpha value is -0.420. The van der Waals surface area contributed by atoms with Gasteiger partial charge in [-0.2, -0.15) is 0 Å². The lowest BCUT2D eigenvalue weighted by atomic mass is 10.2. The SMILES string of the molecule is Fc1c(Cl)cccc1CNCCc1ccc(Br)s1. The Balaban J connectivity index is 1.80. The molecule has 0 aliphatic carbocycles. The smallest absolute Gasteiger partial charge is 0.146 e. The van der Waals surface area contributed by atoms with Crippen LogP contribution in [-0.4, -0.2) is 6.54 Å². The van der Waals surface area contributed by atoms with Gasteiger partial charge < -0.3 is 5.32 Å². The van der Waals surface area contributed by atoms with E-state index < -0.39 is 0 Å². The van der Waals surface area contributed by atoms with Gasteiger partial charge >= 0.3 is 0 Å². The van der Waals surface area contributed by atoms with Gasteiger partial charge in [-0.3, -0.25) is 0 Å². The van der Waals surface area contributed by atoms with E-state index in [1.165, 1.54) is 4.88 Å². The fourth-order valence-electron chi connectivity index (χ4n) is 1.61. The Morgan fingerprint density at radius 1 is 1.28 bits per heavy atom. The second kappa shape index (κ2) is 6.66. The second-order valence-electron chi connectivity index (χ2n) is 3.85. The topological polar surface area (TPSA) is 12.0 Å². The Labute approximate surface area is 123 Å². The maximum atomic E-state index is 13.6. The maximum Gasteiger partial charge on any atom is 0.146 e. The first kappa shape index (κ1) is 14.0. The van der Waals surface area contributed by atoms with Crippen LogP contribution in [0.1, 0.15) is 10.4 Å². The predicted molar refractivity (Wildman–Crippen MR) is 78.8 cm³/mol. The van der Waals surface area contributed by atoms with Crippen molar-refractivity contribution in [3.8, 4) is 0 Å². The molecule has 1 N–H and O–H groups in total. The molecular formula is C13H12BrClFNS. The maximum absolute atomic E-state index is 13.6. The molecule has 0 saturated heterocycles. The zero-order valence-electron chi connectivity index (χ0n) is 9.55. The highest BCUT2D eigenvalue weighted by molar-refractivity contribution is 9.11. The zero-order chi connectivity index (χ0) is 13.0. The number of hydrogen-bond donors (Lipinski definition) is 1. The largest absolute Gasteiger partial charge is 0.312 e. The molecule has 5 heteroatoms. The highest BCUT2D eigenvalue weighted by Crippen LogP contribution is 2.22. The molecule has 0 saturated carbocycles. The molecule has 0 bridgehead atoms. The zero-order valence-corrected chi connectivity index (χ0v) is 12.7. The van der Waals surface area contributed by atoms with Crippen LogP contribution in [0.5, 0.6) is 0 Å². The van der Waals surface area contributed by atoms with Gasteiger partial charge in [0.05, 0.1) is 8.81 Å². The Bertz CT molecular complexity index is 529. The van der Waals surface area contributed by atoms with Crippen LogP contribution in [0.2, 0.25) is 5.02 Å². The number of rotatable bonds is 5. The van der Waals surface area contributed by atoms with E-state index in [1.807, 2.05) is 6.07 Å². The number of thiophene rings is 1. The molecular weight excluding hydrogens is 337 g/mol. The summed E-state index contributed by atoms with van der Waals surface area (Å²) in [6.45, 7) is 1.32. The summed E-state index contributed by atoms with van der Waals surface area (Å²) < 4.78 is 14.7. The summed E-state index contributed by atoms with van der Waals surface area (Å²) in [4.78, 5) is 1.31. The average molecular weight is 349 g/mol. The molecule has 1 heterocycles. The van der Waals surface area contributed by atoms with Gasteiger partial charge in [0.2, 0.25) is 0 Å². The van der Waals surface area contributed by atoms with Crippen LogP contribution in [0.15, 0.2) is 34.1 Å². The Kier molecular flexibility index (Phi) is 5.18. The van der Waals surface area contributed by atoms with Crippen molar-refractivity contribution in [2.45, 2.75) is 13.0 Å². The van der Waals surface area contributed by atoms with Crippen LogP contribution in [-0.2, 0) is 13.0 Å². The molecule has 0 radical (unpaired) electrons. The molecule has 1 aromatic heterocycles. The van der Waals surface area contributed by atoms with Crippen LogP contribution >= 0.6 is 38.9 Å². The molecule has 0 aliphatic heterocycles. The van der Waals surface area contributed by atoms with Gasteiger partial charge in [-0.1, -0.05) is 23.7 Å². The second-order valence-corrected chi connectivity index (χ2v) is 6.80. The number of benzene rings is 1. The molecule has 18 heavy (non-hydrogen) atoms. The van der Waals surface area contributed by atoms with E-state index in [-0.39, 0.29) is 10.8 Å². The summed E-state index contributed by atoms with van der Waals surface area (Å²) in [6, 6.07) is 9.20. The minimum Gasteiger partial charge on any atom is -0.312 e. The summed E-state index contributed by atoms with van der Waals surface area (Å²) in [5.41, 5.74) is 0.606. The lowest BCUT2D eigenvalue weighted by Gasteiger charge is -2.06. The first-order valence-electron chi connectivity index (χ1n) is 5.54. The molecule has 2 rings (SSSR count). The lowest BCUT2D eigenvalue weighted by molar-refractivity contribution is 0.589. The van der Waals surface area contributed by atoms with Gasteiger partial charge in [0.25, 0.3) is 0 Å². The van der Waals surface area contributed by atoms with Crippen molar-refractivity contribution in [1.82, 2.24) is 5.32 Å². The first-order valence-corrected chi connectivity index (χ1v) is 7.53. The molecule has 0 aliphatic rings. The molecule has 0 fully saturated rings. The van der Waals surface area contributed by atoms with Crippen molar-refractivity contribution in [2.75, 3.05) is 6.54 Å². The average Bonchev–Trinajstić information content (AvgIpc) is 2.76. The van der Waals surface area contributed by atoms with E-state index in [9.17, 15) is 4.39 Å². The Morgan fingerprint density at radius 3 is 2.83 bits per heavy atom. The summed E-state index contributed by atoms with van der Waals surface area (Å²) in [7, 11) is 0. The van der Waals surface area contributed by atoms with Crippen LogP contribution in [0.4, 0.5) is 4.39 Å². The van der Waals surface area contributed by atoms with Crippen molar-refractivity contribution >= 4 is 38.9 Å². The van der Waals surface area contributed by atoms with Crippen molar-refractivity contribution in [1.29, 1.82) is 0 Å². The van der Waals surface area contributed by atoms with Crippen LogP contribution in [0.25, 0.3) is 0 Å². The molecule has 96 valence electrons. The summed E-state index contributed by atoms with van der Waals surface area (Å²) >= 11 is 10.9. The van der Waals surface area contributed by atoms with E-state index >= 15 is 0 Å². The van der Waals surface area contributed by atoms with E-state index in [1.54, 1.807) is 29.5 Å². The summed E-state index contributed by atoms with van der Waals surface area (Å²) in [6.07, 6.45) is 0.943. The van der Waals surface area contributed by atoms with Gasteiger partial charge in [-0.25, -0.2) is 4.39 Å². The fourth-order valence-corrected chi connectivity index (χ4v) is 3.28. The van der Waals surface area contributed by atoms with Crippen LogP contribution in [0.3, 0.4) is 0 Å². The van der Waals surface area contributed by atoms with Crippen molar-refractivity contribution in [3.05, 3.63) is 55.4 Å². The molecule has 1 aromatic carbocycles. The molecule has 1 nitrogen and oxygen atoms in total. The van der Waals surface area contributed by atoms with Gasteiger partial charge in [0.15, 0.2) is 0 Å². The molecule has 2 aromatic rings. The third kappa shape index (κ3) is 3.79. The third-order valence-corrected chi connectivity index (χ3v) is 4.50. The summed E-state index contributed by atoms with van der Waals surface area (Å²) in [5.74, 6) is -0.328. The van der Waals surface area contributed by atoms with Gasteiger partial charge in [0.1, 0.15) is 5.82 Å². The monoisotopic (exact) mass is 347 g/mol. The predicted octanol–water partition coefficient (Wildman–Crippen LogP) is 4.64. The van der Waals surface area contributed by atoms with Crippen LogP contribution < -0.4 is 5.32 Å². The van der Waals surface area contributed by atoms with E-state index in [0.717, 1.165) is 16.8 Å². The fraction of sp³-hybridized carbons (Fsp3) is 0.231. The highest BCUT2D eigenvalue weighted by atomic mass is 79.9. The molecule has 0 atom stereocenters. The Morgan fingerprint density at radius 2 is 2.11 bits per heavy atom. The van der Waals surface area contributed by atoms with Crippen molar-refractivity contribution in [3.63, 3.8) is 0 Å². The van der Waals surface area contributed by atoms with Gasteiger partial charge in [0, 0.05) is 23.5 Å². The first-order chi connectivity index (χ1) is 8.66. The van der Waals surface area contributed by atoms with Crippen molar-refractivity contribution in [2.24, 2.45) is 0 Å². The standard InChI is InChI=1S/C13H12BrClFNS/c14-12-5-4-10(18-12)6-7-17-8-9-2-1-3-11(15)13(9)16/h1-5,17H,6-8H2. The normalized spacial score (nSPS) is 10.8. The summed E-state index contributed by atoms with van der Waals surface area (Å²) in [5, 5.41) is 3.40. The molecule has 0 unspecified atom stereocenters. The van der Waals surface area contributed by atoms with E-state index in [4.69, 9.17) is 11.6 Å². The van der Waals surface area contributed by atoms with Gasteiger partial charge in [-0.05, 0) is 40.5 Å². The quantitative estimate of drug-likeness (QED) is 0.777. The van der Waals surface area contributed by atoms with Crippen molar-refractivity contribution < 1.29 is 4.39 Å². The number of halogens is 3. The van der Waals surface area contributed by atoms with E-state index in [2.05, 4.69) is 27.3 Å². The van der Waals surface area contributed by atoms with E-state index in [0.29, 0.717) is 12.1 Å². The van der Waals surface area contributed by atoms with Crippen LogP contribution in [0, 0.1) is 5.82 Å². The molecule has 0 amide bonds. The minimum absolute atomic E-state index is 0.177. The number of hydrogen-bond acceptors (Lipinski definition) is 2. The third-order valence-electron chi connectivity index (χ3n) is 2.52. The lowest BCUT2D eigenvalue weighted by Crippen LogP contribution is -2.17. The minimum atomic E-state index is -0.328.